The maximum atomic E-state index is 14.4. The van der Waals surface area contributed by atoms with Gasteiger partial charge in [-0.15, -0.1) is 0 Å². The Morgan fingerprint density at radius 1 is 1.16 bits per heavy atom. The second-order valence-corrected chi connectivity index (χ2v) is 8.13. The van der Waals surface area contributed by atoms with Crippen molar-refractivity contribution >= 4 is 16.8 Å². The lowest BCUT2D eigenvalue weighted by atomic mass is 9.69. The molecule has 4 rings (SSSR count). The maximum Gasteiger partial charge on any atom is 0.223 e. The van der Waals surface area contributed by atoms with E-state index in [2.05, 4.69) is 10.3 Å². The third-order valence-electron chi connectivity index (χ3n) is 6.02. The zero-order valence-electron chi connectivity index (χ0n) is 16.8. The maximum absolute atomic E-state index is 14.4. The van der Waals surface area contributed by atoms with E-state index in [9.17, 15) is 28.2 Å². The Bertz CT molecular complexity index is 1110. The number of halogens is 3. The van der Waals surface area contributed by atoms with Crippen molar-refractivity contribution in [3.05, 3.63) is 59.4 Å². The van der Waals surface area contributed by atoms with Crippen LogP contribution in [0.15, 0.2) is 36.4 Å². The Labute approximate surface area is 176 Å². The third-order valence-corrected chi connectivity index (χ3v) is 6.02. The first-order valence-corrected chi connectivity index (χ1v) is 10.1. The first-order chi connectivity index (χ1) is 14.8. The van der Waals surface area contributed by atoms with E-state index >= 15 is 0 Å². The van der Waals surface area contributed by atoms with Gasteiger partial charge in [-0.2, -0.15) is 0 Å². The molecule has 1 aliphatic carbocycles. The minimum absolute atomic E-state index is 0.134. The van der Waals surface area contributed by atoms with Crippen molar-refractivity contribution < 1.29 is 28.2 Å². The number of aromatic nitrogens is 1. The Hall–Kier alpha value is -2.84. The summed E-state index contributed by atoms with van der Waals surface area (Å²) in [6.07, 6.45) is 0.000975. The van der Waals surface area contributed by atoms with Crippen LogP contribution in [0.2, 0.25) is 0 Å². The van der Waals surface area contributed by atoms with Gasteiger partial charge in [0.1, 0.15) is 17.5 Å². The molecule has 1 aliphatic rings. The summed E-state index contributed by atoms with van der Waals surface area (Å²) in [4.78, 5) is 15.5. The highest BCUT2D eigenvalue weighted by molar-refractivity contribution is 5.92. The summed E-state index contributed by atoms with van der Waals surface area (Å²) >= 11 is 0. The van der Waals surface area contributed by atoms with Gasteiger partial charge in [-0.3, -0.25) is 4.79 Å². The summed E-state index contributed by atoms with van der Waals surface area (Å²) in [5, 5.41) is 21.9. The van der Waals surface area contributed by atoms with Gasteiger partial charge in [-0.1, -0.05) is 0 Å². The number of amides is 1. The smallest absolute Gasteiger partial charge is 0.223 e. The SMILES string of the molecule is C[C@H](O)[C@@H](CO)NC(=O)C1CC(c2c(-c3ccc(F)cc3)[nH]c3c(F)cc(F)cc23)C1. The van der Waals surface area contributed by atoms with Crippen molar-refractivity contribution in [1.82, 2.24) is 10.3 Å². The van der Waals surface area contributed by atoms with Crippen LogP contribution in [0.5, 0.6) is 0 Å². The molecule has 0 unspecified atom stereocenters. The lowest BCUT2D eigenvalue weighted by Gasteiger charge is -2.36. The minimum atomic E-state index is -0.894. The number of H-pyrrole nitrogens is 1. The highest BCUT2D eigenvalue weighted by Gasteiger charge is 2.39. The topological polar surface area (TPSA) is 85.3 Å². The van der Waals surface area contributed by atoms with Crippen LogP contribution in [0.3, 0.4) is 0 Å². The Morgan fingerprint density at radius 3 is 2.45 bits per heavy atom. The van der Waals surface area contributed by atoms with Crippen LogP contribution < -0.4 is 5.32 Å². The lowest BCUT2D eigenvalue weighted by Crippen LogP contribution is -2.49. The number of benzene rings is 2. The van der Waals surface area contributed by atoms with Gasteiger partial charge in [0.05, 0.1) is 30.0 Å². The number of carbonyl (C=O) groups excluding carboxylic acids is 1. The van der Waals surface area contributed by atoms with Gasteiger partial charge in [0.15, 0.2) is 0 Å². The van der Waals surface area contributed by atoms with Crippen LogP contribution in [0.4, 0.5) is 13.2 Å². The highest BCUT2D eigenvalue weighted by Crippen LogP contribution is 2.48. The van der Waals surface area contributed by atoms with E-state index in [0.717, 1.165) is 6.07 Å². The summed E-state index contributed by atoms with van der Waals surface area (Å²) in [5.74, 6) is -2.59. The Balaban J connectivity index is 1.65. The number of hydrogen-bond donors (Lipinski definition) is 4. The van der Waals surface area contributed by atoms with Gasteiger partial charge in [0.2, 0.25) is 5.91 Å². The quantitative estimate of drug-likeness (QED) is 0.480. The van der Waals surface area contributed by atoms with Crippen LogP contribution in [-0.4, -0.2) is 39.9 Å². The predicted octanol–water partition coefficient (Wildman–Crippen LogP) is 3.60. The third kappa shape index (κ3) is 4.05. The molecule has 0 spiro atoms. The fourth-order valence-electron chi connectivity index (χ4n) is 4.20. The number of hydrogen-bond acceptors (Lipinski definition) is 3. The van der Waals surface area contributed by atoms with Crippen molar-refractivity contribution in [2.75, 3.05) is 6.61 Å². The number of nitrogens with one attached hydrogen (secondary N) is 2. The van der Waals surface area contributed by atoms with Gasteiger partial charge in [0, 0.05) is 17.4 Å². The van der Waals surface area contributed by atoms with E-state index in [1.807, 2.05) is 0 Å². The Morgan fingerprint density at radius 2 is 1.84 bits per heavy atom. The van der Waals surface area contributed by atoms with Gasteiger partial charge in [-0.05, 0) is 67.1 Å². The van der Waals surface area contributed by atoms with Gasteiger partial charge in [-0.25, -0.2) is 13.2 Å². The number of rotatable bonds is 6. The summed E-state index contributed by atoms with van der Waals surface area (Å²) in [5.41, 5.74) is 2.06. The molecule has 5 nitrogen and oxygen atoms in total. The van der Waals surface area contributed by atoms with E-state index in [-0.39, 0.29) is 29.9 Å². The zero-order chi connectivity index (χ0) is 22.3. The first kappa shape index (κ1) is 21.4. The fourth-order valence-corrected chi connectivity index (χ4v) is 4.20. The molecule has 1 amide bonds. The number of aliphatic hydroxyl groups is 2. The number of aromatic amines is 1. The highest BCUT2D eigenvalue weighted by atomic mass is 19.1. The zero-order valence-corrected chi connectivity index (χ0v) is 16.8. The van der Waals surface area contributed by atoms with Crippen LogP contribution in [0.1, 0.15) is 31.2 Å². The van der Waals surface area contributed by atoms with E-state index in [1.165, 1.54) is 25.1 Å². The van der Waals surface area contributed by atoms with Crippen molar-refractivity contribution in [1.29, 1.82) is 0 Å². The molecule has 2 aromatic carbocycles. The van der Waals surface area contributed by atoms with E-state index < -0.39 is 29.6 Å². The Kier molecular flexibility index (Phi) is 5.77. The van der Waals surface area contributed by atoms with Crippen LogP contribution >= 0.6 is 0 Å². The molecule has 1 aromatic heterocycles. The van der Waals surface area contributed by atoms with Crippen molar-refractivity contribution in [3.8, 4) is 11.3 Å². The molecule has 4 N–H and O–H groups in total. The monoisotopic (exact) mass is 432 g/mol. The molecule has 0 aliphatic heterocycles. The molecule has 31 heavy (non-hydrogen) atoms. The largest absolute Gasteiger partial charge is 0.394 e. The van der Waals surface area contributed by atoms with Gasteiger partial charge < -0.3 is 20.5 Å². The molecular formula is C23H23F3N2O3. The minimum Gasteiger partial charge on any atom is -0.394 e. The molecular weight excluding hydrogens is 409 g/mol. The van der Waals surface area contributed by atoms with Crippen LogP contribution in [0, 0.1) is 23.4 Å². The number of fused-ring (bicyclic) bond motifs is 1. The van der Waals surface area contributed by atoms with Gasteiger partial charge >= 0.3 is 0 Å². The summed E-state index contributed by atoms with van der Waals surface area (Å²) in [7, 11) is 0. The molecule has 0 radical (unpaired) electrons. The first-order valence-electron chi connectivity index (χ1n) is 10.1. The molecule has 8 heteroatoms. The van der Waals surface area contributed by atoms with Crippen molar-refractivity contribution in [2.45, 2.75) is 37.8 Å². The molecule has 1 fully saturated rings. The molecule has 1 saturated carbocycles. The summed E-state index contributed by atoms with van der Waals surface area (Å²) in [6, 6.07) is 7.04. The summed E-state index contributed by atoms with van der Waals surface area (Å²) in [6.45, 7) is 1.10. The fraction of sp³-hybridized carbons (Fsp3) is 0.348. The van der Waals surface area contributed by atoms with E-state index in [0.29, 0.717) is 35.0 Å². The molecule has 0 bridgehead atoms. The second-order valence-electron chi connectivity index (χ2n) is 8.13. The molecule has 2 atom stereocenters. The normalized spacial score (nSPS) is 20.3. The van der Waals surface area contributed by atoms with E-state index in [1.54, 1.807) is 12.1 Å². The van der Waals surface area contributed by atoms with Crippen molar-refractivity contribution in [2.24, 2.45) is 5.92 Å². The van der Waals surface area contributed by atoms with Crippen LogP contribution in [-0.2, 0) is 4.79 Å². The number of aliphatic hydroxyl groups excluding tert-OH is 2. The average molecular weight is 432 g/mol. The lowest BCUT2D eigenvalue weighted by molar-refractivity contribution is -0.130. The molecule has 3 aromatic rings. The van der Waals surface area contributed by atoms with Crippen molar-refractivity contribution in [3.63, 3.8) is 0 Å². The molecule has 164 valence electrons. The van der Waals surface area contributed by atoms with Gasteiger partial charge in [0.25, 0.3) is 0 Å². The second kappa shape index (κ2) is 8.36. The van der Waals surface area contributed by atoms with Crippen LogP contribution in [0.25, 0.3) is 22.2 Å². The van der Waals surface area contributed by atoms with E-state index in [4.69, 9.17) is 0 Å². The number of carbonyl (C=O) groups is 1. The standard InChI is InChI=1S/C23H23F3N2O3/c1-11(30)19(10-29)27-23(31)14-6-13(7-14)20-17-8-16(25)9-18(26)22(17)28-21(20)12-2-4-15(24)5-3-12/h2-5,8-9,11,13-14,19,28-30H,6-7,10H2,1H3,(H,27,31)/t11-,13?,14?,19+/m0/s1. The molecule has 1 heterocycles. The molecule has 0 saturated heterocycles. The predicted molar refractivity (Wildman–Crippen MR) is 110 cm³/mol. The average Bonchev–Trinajstić information content (AvgIpc) is 3.05. The summed E-state index contributed by atoms with van der Waals surface area (Å²) < 4.78 is 41.8.